The molecule has 1 aliphatic rings. The van der Waals surface area contributed by atoms with Gasteiger partial charge < -0.3 is 15.2 Å². The van der Waals surface area contributed by atoms with E-state index >= 15 is 0 Å². The molecule has 1 fully saturated rings. The first kappa shape index (κ1) is 8.97. The molecule has 0 radical (unpaired) electrons. The average Bonchev–Trinajstić information content (AvgIpc) is 1.85. The Hall–Kier alpha value is -0.120. The van der Waals surface area contributed by atoms with E-state index in [0.29, 0.717) is 13.2 Å². The zero-order chi connectivity index (χ0) is 8.48. The van der Waals surface area contributed by atoms with E-state index in [9.17, 15) is 0 Å². The molecule has 0 aromatic heterocycles. The topological polar surface area (TPSA) is 44.5 Å². The minimum Gasteiger partial charge on any atom is -0.376 e. The van der Waals surface area contributed by atoms with E-state index in [-0.39, 0.29) is 17.7 Å². The maximum Gasteiger partial charge on any atom is 0.0964 e. The van der Waals surface area contributed by atoms with Crippen molar-refractivity contribution in [1.29, 1.82) is 0 Å². The summed E-state index contributed by atoms with van der Waals surface area (Å²) in [4.78, 5) is 0. The van der Waals surface area contributed by atoms with Crippen LogP contribution in [-0.2, 0) is 9.47 Å². The SMILES string of the molecule is C[C@H](N)C1COCC(C)(C)O1. The lowest BCUT2D eigenvalue weighted by Crippen LogP contribution is -2.49. The van der Waals surface area contributed by atoms with Gasteiger partial charge in [0.25, 0.3) is 0 Å². The monoisotopic (exact) mass is 159 g/mol. The van der Waals surface area contributed by atoms with E-state index < -0.39 is 0 Å². The molecule has 3 heteroatoms. The molecule has 0 amide bonds. The second-order valence-electron chi connectivity index (χ2n) is 3.79. The van der Waals surface area contributed by atoms with Gasteiger partial charge in [-0.05, 0) is 20.8 Å². The Labute approximate surface area is 67.9 Å². The van der Waals surface area contributed by atoms with Gasteiger partial charge in [-0.3, -0.25) is 0 Å². The van der Waals surface area contributed by atoms with Crippen LogP contribution in [0.2, 0.25) is 0 Å². The molecular formula is C8H17NO2. The minimum absolute atomic E-state index is 0.0505. The van der Waals surface area contributed by atoms with Crippen LogP contribution in [0.15, 0.2) is 0 Å². The first-order chi connectivity index (χ1) is 5.01. The standard InChI is InChI=1S/C8H17NO2/c1-6(9)7-4-10-5-8(2,3)11-7/h6-7H,4-5,9H2,1-3H3/t6-,7?/m0/s1. The number of nitrogens with two attached hydrogens (primary N) is 1. The van der Waals surface area contributed by atoms with Gasteiger partial charge in [-0.2, -0.15) is 0 Å². The second kappa shape index (κ2) is 3.09. The van der Waals surface area contributed by atoms with Gasteiger partial charge in [0.1, 0.15) is 0 Å². The summed E-state index contributed by atoms with van der Waals surface area (Å²) in [7, 11) is 0. The summed E-state index contributed by atoms with van der Waals surface area (Å²) in [5.41, 5.74) is 5.51. The molecule has 3 nitrogen and oxygen atoms in total. The highest BCUT2D eigenvalue weighted by Crippen LogP contribution is 2.19. The minimum atomic E-state index is -0.170. The van der Waals surface area contributed by atoms with Crippen molar-refractivity contribution >= 4 is 0 Å². The maximum absolute atomic E-state index is 5.69. The van der Waals surface area contributed by atoms with Crippen molar-refractivity contribution in [3.63, 3.8) is 0 Å². The molecule has 2 N–H and O–H groups in total. The van der Waals surface area contributed by atoms with Crippen molar-refractivity contribution in [2.24, 2.45) is 5.73 Å². The number of hydrogen-bond acceptors (Lipinski definition) is 3. The fourth-order valence-electron chi connectivity index (χ4n) is 1.16. The molecule has 0 bridgehead atoms. The van der Waals surface area contributed by atoms with E-state index in [1.807, 2.05) is 20.8 Å². The molecule has 11 heavy (non-hydrogen) atoms. The lowest BCUT2D eigenvalue weighted by molar-refractivity contribution is -0.186. The van der Waals surface area contributed by atoms with Gasteiger partial charge in [-0.1, -0.05) is 0 Å². The number of ether oxygens (including phenoxy) is 2. The summed E-state index contributed by atoms with van der Waals surface area (Å²) >= 11 is 0. The predicted octanol–water partition coefficient (Wildman–Crippen LogP) is 0.528. The van der Waals surface area contributed by atoms with Crippen molar-refractivity contribution in [2.45, 2.75) is 38.5 Å². The highest BCUT2D eigenvalue weighted by Gasteiger charge is 2.30. The molecular weight excluding hydrogens is 142 g/mol. The van der Waals surface area contributed by atoms with Crippen LogP contribution in [0, 0.1) is 0 Å². The lowest BCUT2D eigenvalue weighted by Gasteiger charge is -2.37. The second-order valence-corrected chi connectivity index (χ2v) is 3.79. The van der Waals surface area contributed by atoms with E-state index in [4.69, 9.17) is 15.2 Å². The maximum atomic E-state index is 5.69. The van der Waals surface area contributed by atoms with Crippen LogP contribution in [0.25, 0.3) is 0 Å². The molecule has 2 atom stereocenters. The van der Waals surface area contributed by atoms with E-state index in [1.165, 1.54) is 0 Å². The molecule has 1 aliphatic heterocycles. The summed E-state index contributed by atoms with van der Waals surface area (Å²) in [5.74, 6) is 0. The highest BCUT2D eigenvalue weighted by molar-refractivity contribution is 4.79. The first-order valence-corrected chi connectivity index (χ1v) is 4.02. The summed E-state index contributed by atoms with van der Waals surface area (Å²) < 4.78 is 11.0. The fourth-order valence-corrected chi connectivity index (χ4v) is 1.16. The quantitative estimate of drug-likeness (QED) is 0.607. The molecule has 0 aromatic carbocycles. The molecule has 66 valence electrons. The van der Waals surface area contributed by atoms with Crippen LogP contribution in [0.4, 0.5) is 0 Å². The zero-order valence-corrected chi connectivity index (χ0v) is 7.46. The third kappa shape index (κ3) is 2.43. The summed E-state index contributed by atoms with van der Waals surface area (Å²) in [6.07, 6.45) is 0.0544. The molecule has 1 saturated heterocycles. The molecule has 1 rings (SSSR count). The smallest absolute Gasteiger partial charge is 0.0964 e. The molecule has 0 aliphatic carbocycles. The average molecular weight is 159 g/mol. The molecule has 0 saturated carbocycles. The van der Waals surface area contributed by atoms with Crippen molar-refractivity contribution in [3.8, 4) is 0 Å². The Morgan fingerprint density at radius 2 is 2.18 bits per heavy atom. The van der Waals surface area contributed by atoms with Crippen LogP contribution >= 0.6 is 0 Å². The zero-order valence-electron chi connectivity index (χ0n) is 7.46. The molecule has 0 spiro atoms. The van der Waals surface area contributed by atoms with Gasteiger partial charge in [0.2, 0.25) is 0 Å². The Morgan fingerprint density at radius 3 is 2.55 bits per heavy atom. The third-order valence-electron chi connectivity index (χ3n) is 1.79. The van der Waals surface area contributed by atoms with Gasteiger partial charge >= 0.3 is 0 Å². The highest BCUT2D eigenvalue weighted by atomic mass is 16.6. The third-order valence-corrected chi connectivity index (χ3v) is 1.79. The number of rotatable bonds is 1. The van der Waals surface area contributed by atoms with E-state index in [1.54, 1.807) is 0 Å². The molecule has 1 unspecified atom stereocenters. The Balaban J connectivity index is 2.46. The normalized spacial score (nSPS) is 33.3. The number of hydrogen-bond donors (Lipinski definition) is 1. The fraction of sp³-hybridized carbons (Fsp3) is 1.00. The van der Waals surface area contributed by atoms with Crippen LogP contribution in [-0.4, -0.2) is 31.0 Å². The Morgan fingerprint density at radius 1 is 1.55 bits per heavy atom. The first-order valence-electron chi connectivity index (χ1n) is 4.02. The lowest BCUT2D eigenvalue weighted by atomic mass is 10.1. The van der Waals surface area contributed by atoms with Gasteiger partial charge in [0, 0.05) is 6.04 Å². The van der Waals surface area contributed by atoms with Crippen LogP contribution < -0.4 is 5.73 Å². The predicted molar refractivity (Wildman–Crippen MR) is 43.4 cm³/mol. The van der Waals surface area contributed by atoms with Crippen LogP contribution in [0.3, 0.4) is 0 Å². The Kier molecular flexibility index (Phi) is 2.52. The summed E-state index contributed by atoms with van der Waals surface area (Å²) in [6.45, 7) is 7.26. The van der Waals surface area contributed by atoms with Crippen molar-refractivity contribution in [3.05, 3.63) is 0 Å². The molecule has 1 heterocycles. The summed E-state index contributed by atoms with van der Waals surface area (Å²) in [5, 5.41) is 0. The van der Waals surface area contributed by atoms with Gasteiger partial charge in [0.05, 0.1) is 24.9 Å². The Bertz CT molecular complexity index is 134. The van der Waals surface area contributed by atoms with Crippen molar-refractivity contribution in [2.75, 3.05) is 13.2 Å². The van der Waals surface area contributed by atoms with Crippen LogP contribution in [0.1, 0.15) is 20.8 Å². The van der Waals surface area contributed by atoms with Gasteiger partial charge in [0.15, 0.2) is 0 Å². The van der Waals surface area contributed by atoms with Gasteiger partial charge in [-0.25, -0.2) is 0 Å². The van der Waals surface area contributed by atoms with Crippen molar-refractivity contribution < 1.29 is 9.47 Å². The van der Waals surface area contributed by atoms with E-state index in [0.717, 1.165) is 0 Å². The van der Waals surface area contributed by atoms with Crippen molar-refractivity contribution in [1.82, 2.24) is 0 Å². The summed E-state index contributed by atoms with van der Waals surface area (Å²) in [6, 6.07) is 0.0505. The molecule has 0 aromatic rings. The van der Waals surface area contributed by atoms with Gasteiger partial charge in [-0.15, -0.1) is 0 Å². The van der Waals surface area contributed by atoms with E-state index in [2.05, 4.69) is 0 Å². The largest absolute Gasteiger partial charge is 0.376 e. The van der Waals surface area contributed by atoms with Crippen LogP contribution in [0.5, 0.6) is 0 Å².